The van der Waals surface area contributed by atoms with Gasteiger partial charge in [0.05, 0.1) is 0 Å². The van der Waals surface area contributed by atoms with Crippen LogP contribution in [0.5, 0.6) is 0 Å². The molecule has 74 valence electrons. The van der Waals surface area contributed by atoms with Crippen LogP contribution in [0.15, 0.2) is 24.7 Å². The Balaban J connectivity index is 0.000000461. The van der Waals surface area contributed by atoms with E-state index in [2.05, 4.69) is 21.9 Å². The SMILES string of the molecule is CC.CCc1cnc2nccnc2c1. The molecule has 0 saturated heterocycles. The Morgan fingerprint density at radius 1 is 1.07 bits per heavy atom. The molecule has 0 N–H and O–H groups in total. The number of hydrogen-bond donors (Lipinski definition) is 0. The maximum Gasteiger partial charge on any atom is 0.178 e. The summed E-state index contributed by atoms with van der Waals surface area (Å²) in [4.78, 5) is 12.4. The van der Waals surface area contributed by atoms with Gasteiger partial charge in [0.15, 0.2) is 5.65 Å². The summed E-state index contributed by atoms with van der Waals surface area (Å²) >= 11 is 0. The second-order valence-corrected chi connectivity index (χ2v) is 2.60. The van der Waals surface area contributed by atoms with Crippen LogP contribution < -0.4 is 0 Å². The van der Waals surface area contributed by atoms with Crippen molar-refractivity contribution in [3.05, 3.63) is 30.2 Å². The van der Waals surface area contributed by atoms with Crippen molar-refractivity contribution in [1.29, 1.82) is 0 Å². The molecule has 14 heavy (non-hydrogen) atoms. The first-order chi connectivity index (χ1) is 6.90. The van der Waals surface area contributed by atoms with Crippen LogP contribution in [0.1, 0.15) is 26.3 Å². The Labute approximate surface area is 84.2 Å². The Morgan fingerprint density at radius 2 is 1.79 bits per heavy atom. The van der Waals surface area contributed by atoms with Gasteiger partial charge in [-0.25, -0.2) is 9.97 Å². The zero-order valence-electron chi connectivity index (χ0n) is 8.86. The molecule has 2 aromatic rings. The lowest BCUT2D eigenvalue weighted by Gasteiger charge is -1.96. The molecule has 3 heteroatoms. The maximum atomic E-state index is 4.18. The van der Waals surface area contributed by atoms with Gasteiger partial charge < -0.3 is 0 Å². The molecule has 0 amide bonds. The molecule has 2 rings (SSSR count). The van der Waals surface area contributed by atoms with E-state index in [1.165, 1.54) is 5.56 Å². The van der Waals surface area contributed by atoms with Crippen molar-refractivity contribution < 1.29 is 0 Å². The monoisotopic (exact) mass is 189 g/mol. The number of aryl methyl sites for hydroxylation is 1. The van der Waals surface area contributed by atoms with Gasteiger partial charge in [0, 0.05) is 18.6 Å². The van der Waals surface area contributed by atoms with Gasteiger partial charge in [-0.1, -0.05) is 20.8 Å². The van der Waals surface area contributed by atoms with Crippen LogP contribution in [0, 0.1) is 0 Å². The predicted molar refractivity (Wildman–Crippen MR) is 58.1 cm³/mol. The summed E-state index contributed by atoms with van der Waals surface area (Å²) in [5.74, 6) is 0. The lowest BCUT2D eigenvalue weighted by atomic mass is 10.2. The van der Waals surface area contributed by atoms with Crippen LogP contribution in [-0.2, 0) is 6.42 Å². The zero-order chi connectivity index (χ0) is 10.4. The molecule has 0 aliphatic carbocycles. The third-order valence-corrected chi connectivity index (χ3v) is 1.79. The Kier molecular flexibility index (Phi) is 3.98. The standard InChI is InChI=1S/C9H9N3.C2H6/c1-2-7-5-8-9(12-6-7)11-4-3-10-8;1-2/h3-6H,2H2,1H3;1-2H3. The van der Waals surface area contributed by atoms with Crippen LogP contribution in [0.25, 0.3) is 11.2 Å². The first kappa shape index (κ1) is 10.6. The van der Waals surface area contributed by atoms with Crippen molar-refractivity contribution in [1.82, 2.24) is 15.0 Å². The highest BCUT2D eigenvalue weighted by Crippen LogP contribution is 2.07. The largest absolute Gasteiger partial charge is 0.251 e. The first-order valence-electron chi connectivity index (χ1n) is 4.96. The zero-order valence-corrected chi connectivity index (χ0v) is 8.86. The van der Waals surface area contributed by atoms with E-state index in [1.807, 2.05) is 26.1 Å². The molecule has 2 aromatic heterocycles. The fourth-order valence-corrected chi connectivity index (χ4v) is 1.09. The van der Waals surface area contributed by atoms with E-state index in [0.717, 1.165) is 17.6 Å². The molecular formula is C11H15N3. The van der Waals surface area contributed by atoms with Crippen molar-refractivity contribution >= 4 is 11.2 Å². The number of fused-ring (bicyclic) bond motifs is 1. The van der Waals surface area contributed by atoms with E-state index in [4.69, 9.17) is 0 Å². The summed E-state index contributed by atoms with van der Waals surface area (Å²) in [6.07, 6.45) is 6.17. The summed E-state index contributed by atoms with van der Waals surface area (Å²) in [6.45, 7) is 6.10. The Bertz CT molecular complexity index is 398. The fourth-order valence-electron chi connectivity index (χ4n) is 1.09. The number of hydrogen-bond acceptors (Lipinski definition) is 3. The summed E-state index contributed by atoms with van der Waals surface area (Å²) in [7, 11) is 0. The topological polar surface area (TPSA) is 38.7 Å². The summed E-state index contributed by atoms with van der Waals surface area (Å²) in [5.41, 5.74) is 2.79. The highest BCUT2D eigenvalue weighted by Gasteiger charge is 1.96. The van der Waals surface area contributed by atoms with Crippen LogP contribution in [0.2, 0.25) is 0 Å². The van der Waals surface area contributed by atoms with Crippen molar-refractivity contribution in [2.75, 3.05) is 0 Å². The molecule has 0 bridgehead atoms. The molecule has 0 aromatic carbocycles. The molecule has 0 atom stereocenters. The number of rotatable bonds is 1. The highest BCUT2D eigenvalue weighted by molar-refractivity contribution is 5.69. The van der Waals surface area contributed by atoms with Gasteiger partial charge in [-0.2, -0.15) is 0 Å². The lowest BCUT2D eigenvalue weighted by molar-refractivity contribution is 1.10. The molecule has 0 saturated carbocycles. The van der Waals surface area contributed by atoms with Crippen molar-refractivity contribution in [2.45, 2.75) is 27.2 Å². The van der Waals surface area contributed by atoms with Gasteiger partial charge in [0.1, 0.15) is 5.52 Å². The van der Waals surface area contributed by atoms with Crippen molar-refractivity contribution in [2.24, 2.45) is 0 Å². The molecule has 0 spiro atoms. The minimum atomic E-state index is 0.717. The normalized spacial score (nSPS) is 9.36. The van der Waals surface area contributed by atoms with Gasteiger partial charge in [-0.15, -0.1) is 0 Å². The van der Waals surface area contributed by atoms with E-state index in [9.17, 15) is 0 Å². The summed E-state index contributed by atoms with van der Waals surface area (Å²) in [6, 6.07) is 2.02. The third-order valence-electron chi connectivity index (χ3n) is 1.79. The molecule has 0 aliphatic heterocycles. The molecule has 0 radical (unpaired) electrons. The van der Waals surface area contributed by atoms with Crippen LogP contribution in [-0.4, -0.2) is 15.0 Å². The number of pyridine rings is 1. The average molecular weight is 189 g/mol. The van der Waals surface area contributed by atoms with E-state index in [0.29, 0.717) is 0 Å². The molecule has 2 heterocycles. The van der Waals surface area contributed by atoms with Gasteiger partial charge in [0.25, 0.3) is 0 Å². The second-order valence-electron chi connectivity index (χ2n) is 2.60. The molecule has 0 unspecified atom stereocenters. The summed E-state index contributed by atoms with van der Waals surface area (Å²) in [5, 5.41) is 0. The molecule has 0 aliphatic rings. The fraction of sp³-hybridized carbons (Fsp3) is 0.364. The van der Waals surface area contributed by atoms with Crippen LogP contribution in [0.3, 0.4) is 0 Å². The minimum absolute atomic E-state index is 0.717. The van der Waals surface area contributed by atoms with Gasteiger partial charge in [-0.3, -0.25) is 4.98 Å². The molecular weight excluding hydrogens is 174 g/mol. The molecule has 0 fully saturated rings. The maximum absolute atomic E-state index is 4.18. The van der Waals surface area contributed by atoms with Gasteiger partial charge >= 0.3 is 0 Å². The predicted octanol–water partition coefficient (Wildman–Crippen LogP) is 2.61. The van der Waals surface area contributed by atoms with E-state index >= 15 is 0 Å². The Hall–Kier alpha value is -1.51. The quantitative estimate of drug-likeness (QED) is 0.692. The second kappa shape index (κ2) is 5.27. The average Bonchev–Trinajstić information content (AvgIpc) is 2.31. The smallest absolute Gasteiger partial charge is 0.178 e. The first-order valence-corrected chi connectivity index (χ1v) is 4.96. The van der Waals surface area contributed by atoms with Gasteiger partial charge in [-0.05, 0) is 18.1 Å². The van der Waals surface area contributed by atoms with Crippen molar-refractivity contribution in [3.8, 4) is 0 Å². The van der Waals surface area contributed by atoms with Gasteiger partial charge in [0.2, 0.25) is 0 Å². The van der Waals surface area contributed by atoms with E-state index in [1.54, 1.807) is 12.4 Å². The minimum Gasteiger partial charge on any atom is -0.251 e. The Morgan fingerprint density at radius 3 is 2.50 bits per heavy atom. The molecule has 3 nitrogen and oxygen atoms in total. The highest BCUT2D eigenvalue weighted by atomic mass is 14.9. The van der Waals surface area contributed by atoms with Crippen molar-refractivity contribution in [3.63, 3.8) is 0 Å². The third kappa shape index (κ3) is 2.25. The van der Waals surface area contributed by atoms with E-state index in [-0.39, 0.29) is 0 Å². The number of aromatic nitrogens is 3. The van der Waals surface area contributed by atoms with Crippen LogP contribution in [0.4, 0.5) is 0 Å². The van der Waals surface area contributed by atoms with E-state index < -0.39 is 0 Å². The van der Waals surface area contributed by atoms with Crippen LogP contribution >= 0.6 is 0 Å². The lowest BCUT2D eigenvalue weighted by Crippen LogP contribution is -1.88. The number of nitrogens with zero attached hydrogens (tertiary/aromatic N) is 3. The summed E-state index contributed by atoms with van der Waals surface area (Å²) < 4.78 is 0.